The molecular formula is C15H20N2O3. The fraction of sp³-hybridized carbons (Fsp3) is 0.400. The smallest absolute Gasteiger partial charge is 0.415 e. The van der Waals surface area contributed by atoms with Crippen LogP contribution >= 0.6 is 0 Å². The average molecular weight is 276 g/mol. The molecule has 108 valence electrons. The first-order valence-electron chi connectivity index (χ1n) is 6.55. The summed E-state index contributed by atoms with van der Waals surface area (Å²) in [5.74, 6) is 0. The normalized spacial score (nSPS) is 15.3. The van der Waals surface area contributed by atoms with Crippen molar-refractivity contribution in [2.45, 2.75) is 26.4 Å². The number of nitrogens with zero attached hydrogens (tertiary/aromatic N) is 1. The van der Waals surface area contributed by atoms with E-state index in [0.29, 0.717) is 24.5 Å². The Bertz CT molecular complexity index is 532. The summed E-state index contributed by atoms with van der Waals surface area (Å²) in [5.41, 5.74) is 7.39. The first-order valence-corrected chi connectivity index (χ1v) is 6.55. The number of rotatable bonds is 1. The van der Waals surface area contributed by atoms with Gasteiger partial charge in [0.1, 0.15) is 18.5 Å². The molecule has 0 radical (unpaired) electrons. The second kappa shape index (κ2) is 5.45. The molecule has 1 aliphatic rings. The number of carbonyl (C=O) groups excluding carboxylic acids is 1. The third-order valence-corrected chi connectivity index (χ3v) is 2.71. The largest absolute Gasteiger partial charge is 0.497 e. The lowest BCUT2D eigenvalue weighted by molar-refractivity contribution is 0.0296. The van der Waals surface area contributed by atoms with E-state index in [1.165, 1.54) is 0 Å². The lowest BCUT2D eigenvalue weighted by Gasteiger charge is -2.31. The molecule has 1 aromatic carbocycles. The van der Waals surface area contributed by atoms with Crippen LogP contribution in [0.1, 0.15) is 26.3 Å². The van der Waals surface area contributed by atoms with Crippen molar-refractivity contribution in [3.8, 4) is 0 Å². The fourth-order valence-electron chi connectivity index (χ4n) is 1.89. The molecule has 2 rings (SSSR count). The highest BCUT2D eigenvalue weighted by Crippen LogP contribution is 2.25. The first kappa shape index (κ1) is 14.2. The number of nitrogen functional groups attached to an aromatic ring is 1. The minimum absolute atomic E-state index is 0.380. The third kappa shape index (κ3) is 3.44. The molecule has 0 bridgehead atoms. The van der Waals surface area contributed by atoms with E-state index < -0.39 is 5.60 Å². The van der Waals surface area contributed by atoms with Gasteiger partial charge in [0.15, 0.2) is 0 Å². The highest BCUT2D eigenvalue weighted by molar-refractivity contribution is 5.83. The standard InChI is InChI=1S/C15H20N2O3/c1-15(2,3)20-14(18)17-7-8-19-10-13(17)11-5-4-6-12(16)9-11/h4-6,9-10H,7-8,16H2,1-3H3. The van der Waals surface area contributed by atoms with Gasteiger partial charge >= 0.3 is 6.09 Å². The van der Waals surface area contributed by atoms with E-state index in [2.05, 4.69) is 0 Å². The van der Waals surface area contributed by atoms with E-state index in [-0.39, 0.29) is 6.09 Å². The molecule has 5 nitrogen and oxygen atoms in total. The van der Waals surface area contributed by atoms with E-state index in [4.69, 9.17) is 15.2 Å². The van der Waals surface area contributed by atoms with Gasteiger partial charge in [0.05, 0.1) is 12.2 Å². The van der Waals surface area contributed by atoms with E-state index >= 15 is 0 Å². The Kier molecular flexibility index (Phi) is 3.88. The lowest BCUT2D eigenvalue weighted by atomic mass is 10.1. The van der Waals surface area contributed by atoms with Gasteiger partial charge in [0.2, 0.25) is 0 Å². The highest BCUT2D eigenvalue weighted by Gasteiger charge is 2.27. The molecular weight excluding hydrogens is 256 g/mol. The van der Waals surface area contributed by atoms with Gasteiger partial charge in [-0.25, -0.2) is 4.79 Å². The molecule has 0 aliphatic carbocycles. The van der Waals surface area contributed by atoms with E-state index in [1.807, 2.05) is 32.9 Å². The Balaban J connectivity index is 2.26. The van der Waals surface area contributed by atoms with Gasteiger partial charge < -0.3 is 15.2 Å². The monoisotopic (exact) mass is 276 g/mol. The molecule has 1 heterocycles. The lowest BCUT2D eigenvalue weighted by Crippen LogP contribution is -2.39. The number of hydrogen-bond acceptors (Lipinski definition) is 4. The molecule has 1 amide bonds. The summed E-state index contributed by atoms with van der Waals surface area (Å²) in [6.07, 6.45) is 1.19. The molecule has 0 aromatic heterocycles. The quantitative estimate of drug-likeness (QED) is 0.801. The number of hydrogen-bond donors (Lipinski definition) is 1. The van der Waals surface area contributed by atoms with Crippen molar-refractivity contribution in [2.24, 2.45) is 0 Å². The summed E-state index contributed by atoms with van der Waals surface area (Å²) in [7, 11) is 0. The Morgan fingerprint density at radius 3 is 2.80 bits per heavy atom. The Hall–Kier alpha value is -2.17. The minimum Gasteiger partial charge on any atom is -0.497 e. The molecule has 5 heteroatoms. The van der Waals surface area contributed by atoms with Crippen molar-refractivity contribution in [3.63, 3.8) is 0 Å². The third-order valence-electron chi connectivity index (χ3n) is 2.71. The van der Waals surface area contributed by atoms with Crippen molar-refractivity contribution < 1.29 is 14.3 Å². The Morgan fingerprint density at radius 2 is 2.15 bits per heavy atom. The van der Waals surface area contributed by atoms with Crippen molar-refractivity contribution in [3.05, 3.63) is 36.1 Å². The molecule has 1 aliphatic heterocycles. The minimum atomic E-state index is -0.532. The van der Waals surface area contributed by atoms with Crippen LogP contribution in [0.15, 0.2) is 30.5 Å². The van der Waals surface area contributed by atoms with Crippen LogP contribution in [0.3, 0.4) is 0 Å². The zero-order valence-electron chi connectivity index (χ0n) is 12.1. The van der Waals surface area contributed by atoms with Gasteiger partial charge in [0, 0.05) is 11.3 Å². The van der Waals surface area contributed by atoms with Crippen LogP contribution in [0.2, 0.25) is 0 Å². The van der Waals surface area contributed by atoms with Crippen LogP contribution in [0.5, 0.6) is 0 Å². The van der Waals surface area contributed by atoms with E-state index in [0.717, 1.165) is 5.56 Å². The van der Waals surface area contributed by atoms with Crippen LogP contribution in [0.25, 0.3) is 5.70 Å². The van der Waals surface area contributed by atoms with Crippen molar-refractivity contribution >= 4 is 17.5 Å². The predicted octanol–water partition coefficient (Wildman–Crippen LogP) is 2.83. The van der Waals surface area contributed by atoms with Crippen LogP contribution in [0.4, 0.5) is 10.5 Å². The van der Waals surface area contributed by atoms with Gasteiger partial charge in [-0.2, -0.15) is 0 Å². The second-order valence-electron chi connectivity index (χ2n) is 5.63. The van der Waals surface area contributed by atoms with Crippen molar-refractivity contribution in [2.75, 3.05) is 18.9 Å². The fourth-order valence-corrected chi connectivity index (χ4v) is 1.89. The number of ether oxygens (including phenoxy) is 2. The zero-order chi connectivity index (χ0) is 14.8. The number of nitrogens with two attached hydrogens (primary N) is 1. The Labute approximate surface area is 119 Å². The molecule has 20 heavy (non-hydrogen) atoms. The average Bonchev–Trinajstić information content (AvgIpc) is 2.37. The van der Waals surface area contributed by atoms with Crippen molar-refractivity contribution in [1.82, 2.24) is 4.90 Å². The molecule has 0 spiro atoms. The summed E-state index contributed by atoms with van der Waals surface area (Å²) in [6.45, 7) is 6.43. The van der Waals surface area contributed by atoms with Gasteiger partial charge in [0.25, 0.3) is 0 Å². The number of anilines is 1. The molecule has 0 atom stereocenters. The summed E-state index contributed by atoms with van der Waals surface area (Å²) in [5, 5.41) is 0. The van der Waals surface area contributed by atoms with Crippen LogP contribution in [-0.2, 0) is 9.47 Å². The molecule has 0 saturated carbocycles. The molecule has 1 aromatic rings. The Morgan fingerprint density at radius 1 is 1.40 bits per heavy atom. The maximum atomic E-state index is 12.3. The summed E-state index contributed by atoms with van der Waals surface area (Å²) in [4.78, 5) is 13.8. The summed E-state index contributed by atoms with van der Waals surface area (Å²) < 4.78 is 10.8. The predicted molar refractivity (Wildman–Crippen MR) is 77.7 cm³/mol. The number of amides is 1. The van der Waals surface area contributed by atoms with Gasteiger partial charge in [-0.3, -0.25) is 4.90 Å². The summed E-state index contributed by atoms with van der Waals surface area (Å²) in [6, 6.07) is 7.32. The van der Waals surface area contributed by atoms with E-state index in [9.17, 15) is 4.79 Å². The van der Waals surface area contributed by atoms with Crippen LogP contribution in [0, 0.1) is 0 Å². The molecule has 0 fully saturated rings. The van der Waals surface area contributed by atoms with Crippen molar-refractivity contribution in [1.29, 1.82) is 0 Å². The van der Waals surface area contributed by atoms with Crippen LogP contribution < -0.4 is 5.73 Å². The van der Waals surface area contributed by atoms with Gasteiger partial charge in [-0.05, 0) is 32.9 Å². The molecule has 0 saturated heterocycles. The first-order chi connectivity index (χ1) is 9.37. The maximum absolute atomic E-state index is 12.3. The zero-order valence-corrected chi connectivity index (χ0v) is 12.1. The second-order valence-corrected chi connectivity index (χ2v) is 5.63. The summed E-state index contributed by atoms with van der Waals surface area (Å²) >= 11 is 0. The van der Waals surface area contributed by atoms with Gasteiger partial charge in [-0.15, -0.1) is 0 Å². The highest BCUT2D eigenvalue weighted by atomic mass is 16.6. The van der Waals surface area contributed by atoms with Crippen LogP contribution in [-0.4, -0.2) is 29.7 Å². The number of carbonyl (C=O) groups is 1. The topological polar surface area (TPSA) is 64.8 Å². The SMILES string of the molecule is CC(C)(C)OC(=O)N1CCOC=C1c1cccc(N)c1. The molecule has 0 unspecified atom stereocenters. The van der Waals surface area contributed by atoms with E-state index in [1.54, 1.807) is 23.3 Å². The maximum Gasteiger partial charge on any atom is 0.415 e. The number of benzene rings is 1. The van der Waals surface area contributed by atoms with Gasteiger partial charge in [-0.1, -0.05) is 12.1 Å². The molecule has 2 N–H and O–H groups in total.